The summed E-state index contributed by atoms with van der Waals surface area (Å²) in [7, 11) is 0. The van der Waals surface area contributed by atoms with Crippen molar-refractivity contribution in [1.82, 2.24) is 4.90 Å². The van der Waals surface area contributed by atoms with Crippen LogP contribution in [0.1, 0.15) is 19.8 Å². The number of likely N-dealkylation sites (tertiary alicyclic amines) is 1. The number of rotatable bonds is 3. The van der Waals surface area contributed by atoms with E-state index in [1.807, 2.05) is 12.2 Å². The van der Waals surface area contributed by atoms with E-state index in [1.165, 1.54) is 4.90 Å². The maximum absolute atomic E-state index is 12.1. The molecule has 0 aromatic heterocycles. The lowest BCUT2D eigenvalue weighted by Gasteiger charge is -2.16. The molecule has 2 saturated heterocycles. The largest absolute Gasteiger partial charge is 0.365 e. The van der Waals surface area contributed by atoms with Gasteiger partial charge in [-0.25, -0.2) is 0 Å². The van der Waals surface area contributed by atoms with E-state index in [0.717, 1.165) is 12.8 Å². The van der Waals surface area contributed by atoms with E-state index in [0.29, 0.717) is 6.54 Å². The molecule has 2 bridgehead atoms. The molecular formula is C12H15NO3. The van der Waals surface area contributed by atoms with Gasteiger partial charge in [-0.15, -0.1) is 0 Å². The van der Waals surface area contributed by atoms with Gasteiger partial charge in [0, 0.05) is 6.54 Å². The van der Waals surface area contributed by atoms with Gasteiger partial charge in [-0.3, -0.25) is 14.5 Å². The fourth-order valence-corrected chi connectivity index (χ4v) is 2.90. The number of nitrogens with zero attached hydrogens (tertiary/aromatic N) is 1. The SMILES string of the molecule is CCCCN1C(=O)C2C3C=C[C@H](O3)C2C1=O. The number of hydrogen-bond donors (Lipinski definition) is 0. The van der Waals surface area contributed by atoms with E-state index < -0.39 is 0 Å². The van der Waals surface area contributed by atoms with E-state index >= 15 is 0 Å². The van der Waals surface area contributed by atoms with Gasteiger partial charge >= 0.3 is 0 Å². The second-order valence-electron chi connectivity index (χ2n) is 4.68. The zero-order valence-electron chi connectivity index (χ0n) is 9.26. The molecule has 3 aliphatic rings. The molecule has 86 valence electrons. The summed E-state index contributed by atoms with van der Waals surface area (Å²) < 4.78 is 5.55. The number of fused-ring (bicyclic) bond motifs is 5. The quantitative estimate of drug-likeness (QED) is 0.521. The van der Waals surface area contributed by atoms with Crippen molar-refractivity contribution in [3.05, 3.63) is 12.2 Å². The fourth-order valence-electron chi connectivity index (χ4n) is 2.90. The molecule has 2 amide bonds. The number of unbranched alkanes of at least 4 members (excludes halogenated alkanes) is 1. The Morgan fingerprint density at radius 2 is 1.75 bits per heavy atom. The van der Waals surface area contributed by atoms with Crippen molar-refractivity contribution in [2.45, 2.75) is 32.0 Å². The predicted molar refractivity (Wildman–Crippen MR) is 56.4 cm³/mol. The molecule has 0 radical (unpaired) electrons. The minimum atomic E-state index is -0.237. The monoisotopic (exact) mass is 221 g/mol. The summed E-state index contributed by atoms with van der Waals surface area (Å²) in [5.74, 6) is -0.528. The van der Waals surface area contributed by atoms with Gasteiger partial charge in [-0.05, 0) is 6.42 Å². The Morgan fingerprint density at radius 3 is 2.25 bits per heavy atom. The van der Waals surface area contributed by atoms with Crippen LogP contribution in [-0.4, -0.2) is 35.5 Å². The summed E-state index contributed by atoms with van der Waals surface area (Å²) in [5, 5.41) is 0. The van der Waals surface area contributed by atoms with Gasteiger partial charge in [0.2, 0.25) is 11.8 Å². The Labute approximate surface area is 94.2 Å². The molecule has 4 nitrogen and oxygen atoms in total. The highest BCUT2D eigenvalue weighted by Crippen LogP contribution is 2.44. The van der Waals surface area contributed by atoms with Gasteiger partial charge in [-0.2, -0.15) is 0 Å². The molecule has 2 fully saturated rings. The minimum Gasteiger partial charge on any atom is -0.365 e. The first-order valence-corrected chi connectivity index (χ1v) is 5.93. The smallest absolute Gasteiger partial charge is 0.236 e. The lowest BCUT2D eigenvalue weighted by Crippen LogP contribution is -2.35. The normalized spacial score (nSPS) is 39.9. The van der Waals surface area contributed by atoms with Crippen LogP contribution in [0.25, 0.3) is 0 Å². The van der Waals surface area contributed by atoms with Crippen LogP contribution in [-0.2, 0) is 14.3 Å². The number of imide groups is 1. The Bertz CT molecular complexity index is 346. The summed E-state index contributed by atoms with van der Waals surface area (Å²) in [4.78, 5) is 25.6. The Hall–Kier alpha value is -1.16. The topological polar surface area (TPSA) is 46.6 Å². The average Bonchev–Trinajstić information content (AvgIpc) is 2.92. The van der Waals surface area contributed by atoms with Crippen molar-refractivity contribution in [2.75, 3.05) is 6.54 Å². The van der Waals surface area contributed by atoms with Crippen molar-refractivity contribution in [2.24, 2.45) is 11.8 Å². The van der Waals surface area contributed by atoms with E-state index in [9.17, 15) is 9.59 Å². The zero-order chi connectivity index (χ0) is 11.3. The molecule has 16 heavy (non-hydrogen) atoms. The van der Waals surface area contributed by atoms with Gasteiger partial charge in [0.05, 0.1) is 24.0 Å². The first-order chi connectivity index (χ1) is 7.74. The van der Waals surface area contributed by atoms with Crippen LogP contribution in [0.5, 0.6) is 0 Å². The summed E-state index contributed by atoms with van der Waals surface area (Å²) in [6, 6.07) is 0. The minimum absolute atomic E-state index is 0.0275. The van der Waals surface area contributed by atoms with Gasteiger partial charge < -0.3 is 4.74 Å². The first-order valence-electron chi connectivity index (χ1n) is 5.93. The summed E-state index contributed by atoms with van der Waals surface area (Å²) >= 11 is 0. The Balaban J connectivity index is 1.83. The Morgan fingerprint density at radius 1 is 1.19 bits per heavy atom. The van der Waals surface area contributed by atoms with E-state index in [2.05, 4.69) is 6.92 Å². The highest BCUT2D eigenvalue weighted by atomic mass is 16.5. The lowest BCUT2D eigenvalue weighted by atomic mass is 9.85. The first kappa shape index (κ1) is 10.0. The molecule has 0 saturated carbocycles. The van der Waals surface area contributed by atoms with Crippen molar-refractivity contribution in [1.29, 1.82) is 0 Å². The highest BCUT2D eigenvalue weighted by molar-refractivity contribution is 6.06. The highest BCUT2D eigenvalue weighted by Gasteiger charge is 2.60. The summed E-state index contributed by atoms with van der Waals surface area (Å²) in [6.07, 6.45) is 5.41. The maximum atomic E-state index is 12.1. The predicted octanol–water partition coefficient (Wildman–Crippen LogP) is 0.725. The standard InChI is InChI=1S/C12H15NO3/c1-2-3-6-13-11(14)9-7-4-5-8(16-7)10(9)12(13)15/h4-5,7-10H,2-3,6H2,1H3/t7-,8?,9?,10?/m0/s1. The van der Waals surface area contributed by atoms with E-state index in [-0.39, 0.29) is 35.9 Å². The third-order valence-electron chi connectivity index (χ3n) is 3.74. The third kappa shape index (κ3) is 1.13. The molecule has 3 heterocycles. The molecule has 0 spiro atoms. The number of carbonyl (C=O) groups is 2. The van der Waals surface area contributed by atoms with Crippen molar-refractivity contribution in [3.63, 3.8) is 0 Å². The van der Waals surface area contributed by atoms with E-state index in [1.54, 1.807) is 0 Å². The second-order valence-corrected chi connectivity index (χ2v) is 4.68. The maximum Gasteiger partial charge on any atom is 0.236 e. The summed E-state index contributed by atoms with van der Waals surface area (Å²) in [5.41, 5.74) is 0. The van der Waals surface area contributed by atoms with E-state index in [4.69, 9.17) is 4.74 Å². The van der Waals surface area contributed by atoms with Crippen LogP contribution in [0.4, 0.5) is 0 Å². The molecular weight excluding hydrogens is 206 g/mol. The van der Waals surface area contributed by atoms with Gasteiger partial charge in [0.1, 0.15) is 0 Å². The second kappa shape index (κ2) is 3.42. The molecule has 0 aliphatic carbocycles. The number of carbonyl (C=O) groups excluding carboxylic acids is 2. The van der Waals surface area contributed by atoms with Crippen LogP contribution in [0.3, 0.4) is 0 Å². The number of ether oxygens (including phenoxy) is 1. The molecule has 0 aromatic rings. The van der Waals surface area contributed by atoms with Crippen LogP contribution < -0.4 is 0 Å². The molecule has 4 atom stereocenters. The van der Waals surface area contributed by atoms with Crippen molar-refractivity contribution in [3.8, 4) is 0 Å². The van der Waals surface area contributed by atoms with Gasteiger partial charge in [0.15, 0.2) is 0 Å². The van der Waals surface area contributed by atoms with Gasteiger partial charge in [-0.1, -0.05) is 25.5 Å². The molecule has 3 rings (SSSR count). The summed E-state index contributed by atoms with van der Waals surface area (Å²) in [6.45, 7) is 2.63. The zero-order valence-corrected chi connectivity index (χ0v) is 9.26. The van der Waals surface area contributed by atoms with Crippen molar-refractivity contribution < 1.29 is 14.3 Å². The molecule has 4 heteroatoms. The van der Waals surface area contributed by atoms with Crippen LogP contribution >= 0.6 is 0 Å². The molecule has 0 N–H and O–H groups in total. The van der Waals surface area contributed by atoms with Crippen LogP contribution in [0, 0.1) is 11.8 Å². The van der Waals surface area contributed by atoms with Gasteiger partial charge in [0.25, 0.3) is 0 Å². The molecule has 0 aromatic carbocycles. The molecule has 3 unspecified atom stereocenters. The number of hydrogen-bond acceptors (Lipinski definition) is 3. The third-order valence-corrected chi connectivity index (χ3v) is 3.74. The average molecular weight is 221 g/mol. The lowest BCUT2D eigenvalue weighted by molar-refractivity contribution is -0.142. The van der Waals surface area contributed by atoms with Crippen LogP contribution in [0.15, 0.2) is 12.2 Å². The molecule has 3 aliphatic heterocycles. The fraction of sp³-hybridized carbons (Fsp3) is 0.667. The Kier molecular flexibility index (Phi) is 2.14. The van der Waals surface area contributed by atoms with Crippen LogP contribution in [0.2, 0.25) is 0 Å². The van der Waals surface area contributed by atoms with Crippen molar-refractivity contribution >= 4 is 11.8 Å². The number of amides is 2.